The Kier molecular flexibility index (Phi) is 4.56. The summed E-state index contributed by atoms with van der Waals surface area (Å²) in [6.45, 7) is 6.33. The topological polar surface area (TPSA) is 70.2 Å². The molecule has 0 radical (unpaired) electrons. The highest BCUT2D eigenvalue weighted by atomic mass is 32.2. The van der Waals surface area contributed by atoms with Gasteiger partial charge in [-0.3, -0.25) is 0 Å². The van der Waals surface area contributed by atoms with Gasteiger partial charge in [0, 0.05) is 18.0 Å². The highest BCUT2D eigenvalue weighted by Crippen LogP contribution is 2.40. The molecule has 23 heavy (non-hydrogen) atoms. The van der Waals surface area contributed by atoms with Gasteiger partial charge in [0.2, 0.25) is 5.76 Å². The van der Waals surface area contributed by atoms with E-state index in [0.29, 0.717) is 24.0 Å². The Morgan fingerprint density at radius 2 is 2.35 bits per heavy atom. The molecule has 122 valence electrons. The number of aryl methyl sites for hydroxylation is 1. The molecule has 0 aromatic carbocycles. The largest absolute Gasteiger partial charge is 0.463 e. The van der Waals surface area contributed by atoms with E-state index in [9.17, 15) is 4.79 Å². The normalized spacial score (nSPS) is 14.0. The van der Waals surface area contributed by atoms with Crippen molar-refractivity contribution in [1.82, 2.24) is 14.8 Å². The average molecular weight is 333 g/mol. The van der Waals surface area contributed by atoms with Crippen LogP contribution in [0.4, 0.5) is 0 Å². The molecule has 1 aliphatic rings. The quantitative estimate of drug-likeness (QED) is 0.440. The minimum absolute atomic E-state index is 0.259. The molecule has 6 nitrogen and oxygen atoms in total. The summed E-state index contributed by atoms with van der Waals surface area (Å²) in [5, 5.41) is 9.45. The molecule has 0 aliphatic heterocycles. The van der Waals surface area contributed by atoms with Gasteiger partial charge in [-0.1, -0.05) is 17.8 Å². The lowest BCUT2D eigenvalue weighted by Crippen LogP contribution is -2.02. The summed E-state index contributed by atoms with van der Waals surface area (Å²) in [5.41, 5.74) is 0.777. The van der Waals surface area contributed by atoms with Crippen molar-refractivity contribution >= 4 is 17.7 Å². The zero-order chi connectivity index (χ0) is 16.4. The van der Waals surface area contributed by atoms with E-state index in [4.69, 9.17) is 9.15 Å². The van der Waals surface area contributed by atoms with E-state index in [0.717, 1.165) is 16.5 Å². The molecule has 1 aliphatic carbocycles. The van der Waals surface area contributed by atoms with Crippen molar-refractivity contribution in [3.05, 3.63) is 41.6 Å². The minimum Gasteiger partial charge on any atom is -0.463 e. The van der Waals surface area contributed by atoms with E-state index in [2.05, 4.69) is 21.3 Å². The fourth-order valence-corrected chi connectivity index (χ4v) is 3.24. The molecule has 7 heteroatoms. The summed E-state index contributed by atoms with van der Waals surface area (Å²) >= 11 is 1.54. The Hall–Kier alpha value is -2.02. The third-order valence-electron chi connectivity index (χ3n) is 3.68. The van der Waals surface area contributed by atoms with Crippen molar-refractivity contribution in [1.29, 1.82) is 0 Å². The molecule has 0 N–H and O–H groups in total. The molecule has 0 atom stereocenters. The Morgan fingerprint density at radius 1 is 1.57 bits per heavy atom. The molecule has 2 aromatic rings. The number of aromatic nitrogens is 3. The predicted molar refractivity (Wildman–Crippen MR) is 86.5 cm³/mol. The minimum atomic E-state index is -0.454. The number of hydrogen-bond acceptors (Lipinski definition) is 6. The second kappa shape index (κ2) is 6.62. The molecule has 2 heterocycles. The Labute approximate surface area is 138 Å². The van der Waals surface area contributed by atoms with Crippen molar-refractivity contribution in [2.45, 2.75) is 43.1 Å². The van der Waals surface area contributed by atoms with E-state index in [1.54, 1.807) is 11.8 Å². The zero-order valence-electron chi connectivity index (χ0n) is 13.2. The number of rotatable bonds is 7. The third-order valence-corrected chi connectivity index (χ3v) is 4.67. The maximum absolute atomic E-state index is 11.6. The Balaban J connectivity index is 1.73. The number of methoxy groups -OCH3 is 1. The number of thioether (sulfide) groups is 1. The van der Waals surface area contributed by atoms with Gasteiger partial charge in [-0.05, 0) is 25.8 Å². The maximum atomic E-state index is 11.6. The molecule has 0 unspecified atom stereocenters. The summed E-state index contributed by atoms with van der Waals surface area (Å²) < 4.78 is 12.4. The molecule has 0 amide bonds. The van der Waals surface area contributed by atoms with Crippen LogP contribution < -0.4 is 0 Å². The predicted octanol–water partition coefficient (Wildman–Crippen LogP) is 3.32. The first-order chi connectivity index (χ1) is 11.1. The third kappa shape index (κ3) is 3.34. The van der Waals surface area contributed by atoms with Crippen LogP contribution in [0.15, 0.2) is 28.3 Å². The monoisotopic (exact) mass is 333 g/mol. The van der Waals surface area contributed by atoms with E-state index in [-0.39, 0.29) is 5.76 Å². The van der Waals surface area contributed by atoms with Crippen molar-refractivity contribution in [3.8, 4) is 0 Å². The number of hydrogen-bond donors (Lipinski definition) is 0. The molecule has 3 rings (SSSR count). The standard InChI is InChI=1S/C16H19N3O3S/c1-4-7-19-14(11-5-6-11)17-18-16(19)23-9-12-8-10(2)13(22-12)15(20)21-3/h4,8,11H,1,5-7,9H2,2-3H3. The van der Waals surface area contributed by atoms with Crippen molar-refractivity contribution in [3.63, 3.8) is 0 Å². The second-order valence-electron chi connectivity index (χ2n) is 5.52. The average Bonchev–Trinajstić information content (AvgIpc) is 3.21. The van der Waals surface area contributed by atoms with Crippen molar-refractivity contribution in [2.24, 2.45) is 0 Å². The molecule has 0 spiro atoms. The van der Waals surface area contributed by atoms with Crippen LogP contribution in [0.25, 0.3) is 0 Å². The Morgan fingerprint density at radius 3 is 3.00 bits per heavy atom. The number of ether oxygens (including phenoxy) is 1. The maximum Gasteiger partial charge on any atom is 0.374 e. The van der Waals surface area contributed by atoms with Crippen LogP contribution in [-0.4, -0.2) is 27.8 Å². The number of nitrogens with zero attached hydrogens (tertiary/aromatic N) is 3. The van der Waals surface area contributed by atoms with Crippen LogP contribution in [0.2, 0.25) is 0 Å². The lowest BCUT2D eigenvalue weighted by Gasteiger charge is -2.06. The van der Waals surface area contributed by atoms with Gasteiger partial charge in [0.25, 0.3) is 0 Å². The van der Waals surface area contributed by atoms with Crippen LogP contribution in [0.1, 0.15) is 46.5 Å². The van der Waals surface area contributed by atoms with Gasteiger partial charge in [-0.2, -0.15) is 0 Å². The number of esters is 1. The first-order valence-corrected chi connectivity index (χ1v) is 8.47. The van der Waals surface area contributed by atoms with Crippen LogP contribution in [-0.2, 0) is 17.0 Å². The zero-order valence-corrected chi connectivity index (χ0v) is 14.1. The van der Waals surface area contributed by atoms with Crippen LogP contribution in [0, 0.1) is 6.92 Å². The fourth-order valence-electron chi connectivity index (χ4n) is 2.40. The molecular weight excluding hydrogens is 314 g/mol. The fraction of sp³-hybridized carbons (Fsp3) is 0.438. The van der Waals surface area contributed by atoms with Gasteiger partial charge < -0.3 is 13.7 Å². The van der Waals surface area contributed by atoms with Crippen molar-refractivity contribution < 1.29 is 13.9 Å². The number of furan rings is 1. The van der Waals surface area contributed by atoms with E-state index in [1.165, 1.54) is 20.0 Å². The second-order valence-corrected chi connectivity index (χ2v) is 6.46. The van der Waals surface area contributed by atoms with E-state index >= 15 is 0 Å². The van der Waals surface area contributed by atoms with Crippen LogP contribution in [0.5, 0.6) is 0 Å². The molecular formula is C16H19N3O3S. The molecule has 1 saturated carbocycles. The van der Waals surface area contributed by atoms with E-state index < -0.39 is 5.97 Å². The van der Waals surface area contributed by atoms with Gasteiger partial charge >= 0.3 is 5.97 Å². The highest BCUT2D eigenvalue weighted by Gasteiger charge is 2.30. The first-order valence-electron chi connectivity index (χ1n) is 7.48. The molecule has 2 aromatic heterocycles. The lowest BCUT2D eigenvalue weighted by atomic mass is 10.3. The highest BCUT2D eigenvalue weighted by molar-refractivity contribution is 7.98. The number of carbonyl (C=O) groups is 1. The lowest BCUT2D eigenvalue weighted by molar-refractivity contribution is 0.0562. The van der Waals surface area contributed by atoms with Gasteiger partial charge in [-0.15, -0.1) is 16.8 Å². The SMILES string of the molecule is C=CCn1c(SCc2cc(C)c(C(=O)OC)o2)nnc1C1CC1. The first kappa shape index (κ1) is 15.9. The molecule has 1 fully saturated rings. The smallest absolute Gasteiger partial charge is 0.374 e. The van der Waals surface area contributed by atoms with Gasteiger partial charge in [-0.25, -0.2) is 4.79 Å². The van der Waals surface area contributed by atoms with Gasteiger partial charge in [0.15, 0.2) is 5.16 Å². The summed E-state index contributed by atoms with van der Waals surface area (Å²) in [4.78, 5) is 11.6. The summed E-state index contributed by atoms with van der Waals surface area (Å²) in [7, 11) is 1.34. The summed E-state index contributed by atoms with van der Waals surface area (Å²) in [6.07, 6.45) is 4.21. The van der Waals surface area contributed by atoms with Crippen LogP contribution >= 0.6 is 11.8 Å². The van der Waals surface area contributed by atoms with Gasteiger partial charge in [0.05, 0.1) is 12.9 Å². The van der Waals surface area contributed by atoms with Crippen molar-refractivity contribution in [2.75, 3.05) is 7.11 Å². The van der Waals surface area contributed by atoms with Crippen LogP contribution in [0.3, 0.4) is 0 Å². The van der Waals surface area contributed by atoms with Gasteiger partial charge in [0.1, 0.15) is 11.6 Å². The summed E-state index contributed by atoms with van der Waals surface area (Å²) in [6, 6.07) is 1.86. The van der Waals surface area contributed by atoms with E-state index in [1.807, 2.05) is 19.1 Å². The molecule has 0 bridgehead atoms. The number of allylic oxidation sites excluding steroid dienone is 1. The Bertz CT molecular complexity index is 731. The molecule has 0 saturated heterocycles. The number of carbonyl (C=O) groups excluding carboxylic acids is 1. The summed E-state index contributed by atoms with van der Waals surface area (Å²) in [5.74, 6) is 2.68.